The minimum atomic E-state index is -0.478. The van der Waals surface area contributed by atoms with Crippen molar-refractivity contribution in [3.8, 4) is 22.3 Å². The first-order chi connectivity index (χ1) is 29.8. The Kier molecular flexibility index (Phi) is 8.29. The summed E-state index contributed by atoms with van der Waals surface area (Å²) in [4.78, 5) is 2.47. The van der Waals surface area contributed by atoms with Crippen molar-refractivity contribution in [2.45, 2.75) is 77.0 Å². The smallest absolute Gasteiger partial charge is 0.139 e. The fraction of sp³-hybridized carbons (Fsp3) is 0.200. The maximum atomic E-state index is 6.98. The summed E-state index contributed by atoms with van der Waals surface area (Å²) in [5, 5.41) is 2.29. The van der Waals surface area contributed by atoms with Crippen LogP contribution in [0, 0.1) is 0 Å². The summed E-state index contributed by atoms with van der Waals surface area (Å²) in [7, 11) is 0. The highest BCUT2D eigenvalue weighted by molar-refractivity contribution is 6.14. The lowest BCUT2D eigenvalue weighted by molar-refractivity contribution is 0.559. The van der Waals surface area contributed by atoms with Gasteiger partial charge in [0.2, 0.25) is 0 Å². The molecule has 0 N–H and O–H groups in total. The molecule has 62 heavy (non-hydrogen) atoms. The summed E-state index contributed by atoms with van der Waals surface area (Å²) >= 11 is 0. The average Bonchev–Trinajstić information content (AvgIpc) is 3.88. The lowest BCUT2D eigenvalue weighted by atomic mass is 9.68. The van der Waals surface area contributed by atoms with Gasteiger partial charge in [-0.15, -0.1) is 0 Å². The van der Waals surface area contributed by atoms with Gasteiger partial charge in [-0.2, -0.15) is 0 Å². The standard InChI is InChI=1S/C60H53NO/c1-57(2,3)40-35-47-55-53(27-18-28-54(55)62-56(47)52(36-40)58(4,5)6)61(42-33-34-49-46(37-42)45-23-12-15-24-48(45)59(49,7)8)41-31-29-39(30-32-41)60(38-19-10-9-11-20-38)50-25-16-13-21-43(50)44-22-14-17-26-51(44)60/h9-37H,1-8H3. The van der Waals surface area contributed by atoms with E-state index >= 15 is 0 Å². The molecular weight excluding hydrogens is 751 g/mol. The van der Waals surface area contributed by atoms with Gasteiger partial charge in [-0.1, -0.05) is 189 Å². The van der Waals surface area contributed by atoms with Crippen LogP contribution < -0.4 is 4.90 Å². The monoisotopic (exact) mass is 803 g/mol. The van der Waals surface area contributed by atoms with Crippen molar-refractivity contribution < 1.29 is 4.42 Å². The van der Waals surface area contributed by atoms with E-state index in [4.69, 9.17) is 4.42 Å². The van der Waals surface area contributed by atoms with Gasteiger partial charge in [0.1, 0.15) is 11.2 Å². The number of rotatable bonds is 5. The molecule has 2 aliphatic rings. The molecule has 0 spiro atoms. The van der Waals surface area contributed by atoms with E-state index < -0.39 is 5.41 Å². The van der Waals surface area contributed by atoms with E-state index in [2.05, 4.69) is 236 Å². The number of benzene rings is 8. The van der Waals surface area contributed by atoms with Crippen LogP contribution in [0.5, 0.6) is 0 Å². The van der Waals surface area contributed by atoms with Gasteiger partial charge in [0, 0.05) is 27.7 Å². The van der Waals surface area contributed by atoms with Crippen molar-refractivity contribution in [2.75, 3.05) is 4.90 Å². The third-order valence-corrected chi connectivity index (χ3v) is 14.0. The Morgan fingerprint density at radius 1 is 0.452 bits per heavy atom. The van der Waals surface area contributed by atoms with Crippen LogP contribution in [-0.4, -0.2) is 0 Å². The first-order valence-corrected chi connectivity index (χ1v) is 22.2. The number of fused-ring (bicyclic) bond motifs is 9. The first kappa shape index (κ1) is 38.3. The average molecular weight is 804 g/mol. The molecule has 0 amide bonds. The van der Waals surface area contributed by atoms with Crippen molar-refractivity contribution in [2.24, 2.45) is 0 Å². The zero-order valence-corrected chi connectivity index (χ0v) is 37.1. The summed E-state index contributed by atoms with van der Waals surface area (Å²) in [6.45, 7) is 18.5. The van der Waals surface area contributed by atoms with E-state index in [1.807, 2.05) is 0 Å². The molecular formula is C60H53NO. The number of anilines is 3. The SMILES string of the molecule is CC(C)(C)c1cc(C(C)(C)C)c2oc3cccc(N(c4ccc(C5(c6ccccc6)c6ccccc6-c6ccccc65)cc4)c4ccc5c(c4)-c4ccccc4C5(C)C)c3c2c1. The first-order valence-electron chi connectivity index (χ1n) is 22.2. The number of hydrogen-bond donors (Lipinski definition) is 0. The van der Waals surface area contributed by atoms with Crippen molar-refractivity contribution in [3.05, 3.63) is 220 Å². The van der Waals surface area contributed by atoms with Crippen LogP contribution in [0.3, 0.4) is 0 Å². The van der Waals surface area contributed by atoms with Crippen LogP contribution in [0.2, 0.25) is 0 Å². The van der Waals surface area contributed by atoms with Crippen LogP contribution in [0.15, 0.2) is 180 Å². The molecule has 2 nitrogen and oxygen atoms in total. The summed E-state index contributed by atoms with van der Waals surface area (Å²) in [5.41, 5.74) is 20.0. The molecule has 1 heterocycles. The molecule has 9 aromatic rings. The summed E-state index contributed by atoms with van der Waals surface area (Å²) in [6, 6.07) is 65.9. The molecule has 11 rings (SSSR count). The van der Waals surface area contributed by atoms with Gasteiger partial charge in [0.15, 0.2) is 0 Å². The van der Waals surface area contributed by atoms with Gasteiger partial charge in [0.25, 0.3) is 0 Å². The fourth-order valence-corrected chi connectivity index (χ4v) is 10.9. The van der Waals surface area contributed by atoms with E-state index in [1.54, 1.807) is 0 Å². The normalized spacial score (nSPS) is 14.7. The predicted molar refractivity (Wildman–Crippen MR) is 261 cm³/mol. The highest BCUT2D eigenvalue weighted by Gasteiger charge is 2.46. The second kappa shape index (κ2) is 13.4. The molecule has 0 bridgehead atoms. The van der Waals surface area contributed by atoms with Crippen LogP contribution in [0.4, 0.5) is 17.1 Å². The van der Waals surface area contributed by atoms with E-state index in [1.165, 1.54) is 66.8 Å². The highest BCUT2D eigenvalue weighted by atomic mass is 16.3. The number of furan rings is 1. The topological polar surface area (TPSA) is 16.4 Å². The molecule has 0 aliphatic heterocycles. The number of nitrogens with zero attached hydrogens (tertiary/aromatic N) is 1. The van der Waals surface area contributed by atoms with Gasteiger partial charge in [-0.25, -0.2) is 0 Å². The predicted octanol–water partition coefficient (Wildman–Crippen LogP) is 16.3. The second-order valence-corrected chi connectivity index (χ2v) is 20.1. The van der Waals surface area contributed by atoms with Crippen LogP contribution >= 0.6 is 0 Å². The van der Waals surface area contributed by atoms with Crippen molar-refractivity contribution in [3.63, 3.8) is 0 Å². The zero-order chi connectivity index (χ0) is 42.8. The highest BCUT2D eigenvalue weighted by Crippen LogP contribution is 2.57. The van der Waals surface area contributed by atoms with Gasteiger partial charge in [-0.05, 0) is 114 Å². The second-order valence-electron chi connectivity index (χ2n) is 20.1. The molecule has 1 aromatic heterocycles. The summed E-state index contributed by atoms with van der Waals surface area (Å²) in [6.07, 6.45) is 0. The van der Waals surface area contributed by atoms with Gasteiger partial charge >= 0.3 is 0 Å². The molecule has 0 saturated carbocycles. The largest absolute Gasteiger partial charge is 0.456 e. The summed E-state index contributed by atoms with van der Waals surface area (Å²) < 4.78 is 6.98. The van der Waals surface area contributed by atoms with Gasteiger partial charge in [-0.3, -0.25) is 0 Å². The molecule has 304 valence electrons. The van der Waals surface area contributed by atoms with E-state index in [0.29, 0.717) is 0 Å². The van der Waals surface area contributed by atoms with Crippen LogP contribution in [0.1, 0.15) is 99.9 Å². The quantitative estimate of drug-likeness (QED) is 0.172. The van der Waals surface area contributed by atoms with Crippen molar-refractivity contribution in [1.29, 1.82) is 0 Å². The van der Waals surface area contributed by atoms with Crippen molar-refractivity contribution in [1.82, 2.24) is 0 Å². The molecule has 0 unspecified atom stereocenters. The Morgan fingerprint density at radius 2 is 1.00 bits per heavy atom. The Hall–Kier alpha value is -6.64. The molecule has 0 saturated heterocycles. The van der Waals surface area contributed by atoms with E-state index in [0.717, 1.165) is 39.0 Å². The maximum absolute atomic E-state index is 6.98. The molecule has 0 atom stereocenters. The molecule has 0 radical (unpaired) electrons. The Labute approximate surface area is 366 Å². The fourth-order valence-electron chi connectivity index (χ4n) is 10.9. The molecule has 2 aliphatic carbocycles. The van der Waals surface area contributed by atoms with Crippen molar-refractivity contribution >= 4 is 39.0 Å². The number of hydrogen-bond acceptors (Lipinski definition) is 2. The Bertz CT molecular complexity index is 3180. The molecule has 0 fully saturated rings. The lowest BCUT2D eigenvalue weighted by Gasteiger charge is -2.34. The van der Waals surface area contributed by atoms with E-state index in [-0.39, 0.29) is 16.2 Å². The minimum absolute atomic E-state index is 0.0470. The minimum Gasteiger partial charge on any atom is -0.456 e. The van der Waals surface area contributed by atoms with Crippen LogP contribution in [-0.2, 0) is 21.7 Å². The molecule has 8 aromatic carbocycles. The third-order valence-electron chi connectivity index (χ3n) is 14.0. The zero-order valence-electron chi connectivity index (χ0n) is 37.1. The Balaban J connectivity index is 1.18. The van der Waals surface area contributed by atoms with Gasteiger partial charge in [0.05, 0.1) is 16.5 Å². The maximum Gasteiger partial charge on any atom is 0.139 e. The summed E-state index contributed by atoms with van der Waals surface area (Å²) in [5.74, 6) is 0. The van der Waals surface area contributed by atoms with E-state index in [9.17, 15) is 0 Å². The lowest BCUT2D eigenvalue weighted by Crippen LogP contribution is -2.28. The van der Waals surface area contributed by atoms with Crippen LogP contribution in [0.25, 0.3) is 44.2 Å². The molecule has 2 heteroatoms. The Morgan fingerprint density at radius 3 is 1.63 bits per heavy atom. The van der Waals surface area contributed by atoms with Gasteiger partial charge < -0.3 is 9.32 Å². The third kappa shape index (κ3) is 5.48.